The Hall–Kier alpha value is -4.03. The molecule has 5 rings (SSSR count). The third-order valence-corrected chi connectivity index (χ3v) is 6.33. The first-order chi connectivity index (χ1) is 16.6. The van der Waals surface area contributed by atoms with Gasteiger partial charge in [0.05, 0.1) is 17.9 Å². The number of carbonyl (C=O) groups is 1. The molecule has 34 heavy (non-hydrogen) atoms. The fourth-order valence-corrected chi connectivity index (χ4v) is 4.65. The van der Waals surface area contributed by atoms with Crippen LogP contribution in [0.4, 0.5) is 0 Å². The highest BCUT2D eigenvalue weighted by atomic mass is 32.1. The number of H-pyrrole nitrogens is 1. The van der Waals surface area contributed by atoms with Crippen LogP contribution in [-0.4, -0.2) is 22.1 Å². The summed E-state index contributed by atoms with van der Waals surface area (Å²) in [6.07, 6.45) is 6.04. The number of nitrogens with one attached hydrogen (secondary N) is 1. The van der Waals surface area contributed by atoms with Crippen molar-refractivity contribution in [3.8, 4) is 5.69 Å². The number of fused-ring (bicyclic) bond motifs is 2. The lowest BCUT2D eigenvalue weighted by Gasteiger charge is -2.22. The zero-order valence-electron chi connectivity index (χ0n) is 18.5. The van der Waals surface area contributed by atoms with Gasteiger partial charge in [-0.1, -0.05) is 72.9 Å². The first-order valence-electron chi connectivity index (χ1n) is 11.1. The van der Waals surface area contributed by atoms with Crippen LogP contribution in [0.5, 0.6) is 0 Å². The molecule has 168 valence electrons. The highest BCUT2D eigenvalue weighted by Crippen LogP contribution is 2.39. The summed E-state index contributed by atoms with van der Waals surface area (Å²) in [7, 11) is 0. The minimum Gasteiger partial charge on any atom is -0.462 e. The van der Waals surface area contributed by atoms with Crippen LogP contribution in [0, 0.1) is 4.64 Å². The van der Waals surface area contributed by atoms with E-state index in [2.05, 4.69) is 41.4 Å². The summed E-state index contributed by atoms with van der Waals surface area (Å²) in [6.45, 7) is 2.07. The molecule has 3 aromatic carbocycles. The molecule has 0 radical (unpaired) electrons. The zero-order chi connectivity index (χ0) is 23.7. The maximum Gasteiger partial charge on any atom is 0.338 e. The monoisotopic (exact) mass is 466 g/mol. The topological polar surface area (TPSA) is 64.1 Å². The standard InChI is InChI=1S/C28H22N2O3S/c1-2-33-27(31)20-13-15-21(16-14-20)30-17-24(26(34)29-28(30)32)25-22-9-5-3-7-18(22)11-12-19-8-4-6-10-23(19)25/h3-17,25H,2H2,1H3,(H,29,32,34). The van der Waals surface area contributed by atoms with Crippen molar-refractivity contribution in [1.29, 1.82) is 0 Å². The van der Waals surface area contributed by atoms with E-state index in [0.717, 1.165) is 27.8 Å². The maximum absolute atomic E-state index is 12.9. The van der Waals surface area contributed by atoms with Crippen LogP contribution in [0.1, 0.15) is 51.0 Å². The first kappa shape index (κ1) is 21.8. The molecule has 0 aliphatic heterocycles. The summed E-state index contributed by atoms with van der Waals surface area (Å²) in [5.41, 5.74) is 5.99. The van der Waals surface area contributed by atoms with Gasteiger partial charge in [0.25, 0.3) is 0 Å². The fraction of sp³-hybridized carbons (Fsp3) is 0.107. The second-order valence-electron chi connectivity index (χ2n) is 8.01. The molecular weight excluding hydrogens is 444 g/mol. The Kier molecular flexibility index (Phi) is 5.82. The number of hydrogen-bond acceptors (Lipinski definition) is 4. The lowest BCUT2D eigenvalue weighted by atomic mass is 9.83. The van der Waals surface area contributed by atoms with Crippen LogP contribution in [0.3, 0.4) is 0 Å². The van der Waals surface area contributed by atoms with Gasteiger partial charge < -0.3 is 4.74 Å². The molecule has 1 aliphatic carbocycles. The van der Waals surface area contributed by atoms with Gasteiger partial charge in [-0.2, -0.15) is 0 Å². The van der Waals surface area contributed by atoms with Crippen LogP contribution < -0.4 is 5.69 Å². The Morgan fingerprint density at radius 1 is 0.912 bits per heavy atom. The van der Waals surface area contributed by atoms with Gasteiger partial charge in [-0.3, -0.25) is 9.55 Å². The van der Waals surface area contributed by atoms with Crippen LogP contribution in [0.25, 0.3) is 17.8 Å². The molecule has 1 heterocycles. The van der Waals surface area contributed by atoms with Crippen LogP contribution in [0.15, 0.2) is 83.8 Å². The SMILES string of the molecule is CCOC(=O)c1ccc(-n2cc(C3c4ccccc4C=Cc4ccccc43)c(=S)[nH]c2=O)cc1. The average Bonchev–Trinajstić information content (AvgIpc) is 3.02. The number of aromatic nitrogens is 2. The lowest BCUT2D eigenvalue weighted by molar-refractivity contribution is 0.0526. The minimum absolute atomic E-state index is 0.156. The predicted octanol–water partition coefficient (Wildman–Crippen LogP) is 5.74. The molecule has 0 unspecified atom stereocenters. The summed E-state index contributed by atoms with van der Waals surface area (Å²) in [6, 6.07) is 23.2. The van der Waals surface area contributed by atoms with E-state index in [-0.39, 0.29) is 11.6 Å². The Labute approximate surface area is 202 Å². The van der Waals surface area contributed by atoms with Gasteiger partial charge in [-0.05, 0) is 53.4 Å². The van der Waals surface area contributed by atoms with Crippen molar-refractivity contribution < 1.29 is 9.53 Å². The number of carbonyl (C=O) groups excluding carboxylic acids is 1. The van der Waals surface area contributed by atoms with E-state index in [0.29, 0.717) is 22.5 Å². The zero-order valence-corrected chi connectivity index (χ0v) is 19.3. The van der Waals surface area contributed by atoms with Gasteiger partial charge in [-0.25, -0.2) is 9.59 Å². The molecule has 0 saturated heterocycles. The van der Waals surface area contributed by atoms with Gasteiger partial charge in [0.15, 0.2) is 0 Å². The van der Waals surface area contributed by atoms with Crippen LogP contribution >= 0.6 is 12.2 Å². The lowest BCUT2D eigenvalue weighted by Crippen LogP contribution is -2.23. The first-order valence-corrected chi connectivity index (χ1v) is 11.5. The van der Waals surface area contributed by atoms with E-state index in [9.17, 15) is 9.59 Å². The van der Waals surface area contributed by atoms with Crippen molar-refractivity contribution in [1.82, 2.24) is 9.55 Å². The fourth-order valence-electron chi connectivity index (χ4n) is 4.39. The molecular formula is C28H22N2O3S. The highest BCUT2D eigenvalue weighted by Gasteiger charge is 2.25. The number of hydrogen-bond donors (Lipinski definition) is 1. The summed E-state index contributed by atoms with van der Waals surface area (Å²) in [5, 5.41) is 0. The highest BCUT2D eigenvalue weighted by molar-refractivity contribution is 7.71. The molecule has 1 N–H and O–H groups in total. The quantitative estimate of drug-likeness (QED) is 0.271. The smallest absolute Gasteiger partial charge is 0.338 e. The average molecular weight is 467 g/mol. The van der Waals surface area contributed by atoms with Crippen molar-refractivity contribution in [2.45, 2.75) is 12.8 Å². The third-order valence-electron chi connectivity index (χ3n) is 5.99. The molecule has 1 aromatic heterocycles. The molecule has 0 fully saturated rings. The molecule has 0 bridgehead atoms. The molecule has 0 atom stereocenters. The van der Waals surface area contributed by atoms with Crippen molar-refractivity contribution in [3.05, 3.63) is 127 Å². The summed E-state index contributed by atoms with van der Waals surface area (Å²) >= 11 is 5.67. The minimum atomic E-state index is -0.395. The van der Waals surface area contributed by atoms with Gasteiger partial charge in [0.2, 0.25) is 0 Å². The van der Waals surface area contributed by atoms with Gasteiger partial charge in [0.1, 0.15) is 4.64 Å². The van der Waals surface area contributed by atoms with Crippen molar-refractivity contribution >= 4 is 30.3 Å². The molecule has 1 aliphatic rings. The Bertz CT molecular complexity index is 1480. The molecule has 5 nitrogen and oxygen atoms in total. The largest absolute Gasteiger partial charge is 0.462 e. The third kappa shape index (κ3) is 3.93. The van der Waals surface area contributed by atoms with E-state index >= 15 is 0 Å². The van der Waals surface area contributed by atoms with E-state index < -0.39 is 5.97 Å². The summed E-state index contributed by atoms with van der Waals surface area (Å²) < 4.78 is 6.99. The maximum atomic E-state index is 12.9. The van der Waals surface area contributed by atoms with Crippen LogP contribution in [0.2, 0.25) is 0 Å². The summed E-state index contributed by atoms with van der Waals surface area (Å²) in [4.78, 5) is 27.8. The second-order valence-corrected chi connectivity index (χ2v) is 8.41. The predicted molar refractivity (Wildman–Crippen MR) is 136 cm³/mol. The molecule has 0 amide bonds. The van der Waals surface area contributed by atoms with E-state index in [1.165, 1.54) is 4.57 Å². The van der Waals surface area contributed by atoms with Crippen molar-refractivity contribution in [2.24, 2.45) is 0 Å². The second kappa shape index (κ2) is 9.08. The number of rotatable bonds is 4. The van der Waals surface area contributed by atoms with E-state index in [1.807, 2.05) is 30.5 Å². The van der Waals surface area contributed by atoms with E-state index in [4.69, 9.17) is 17.0 Å². The molecule has 6 heteroatoms. The van der Waals surface area contributed by atoms with Crippen molar-refractivity contribution in [2.75, 3.05) is 6.61 Å². The van der Waals surface area contributed by atoms with Gasteiger partial charge in [0, 0.05) is 17.7 Å². The summed E-state index contributed by atoms with van der Waals surface area (Å²) in [5.74, 6) is -0.550. The Balaban J connectivity index is 1.68. The van der Waals surface area contributed by atoms with Crippen molar-refractivity contribution in [3.63, 3.8) is 0 Å². The molecule has 4 aromatic rings. The molecule has 0 spiro atoms. The van der Waals surface area contributed by atoms with Gasteiger partial charge in [-0.15, -0.1) is 0 Å². The number of aromatic amines is 1. The number of benzene rings is 3. The number of esters is 1. The number of nitrogens with zero attached hydrogens (tertiary/aromatic N) is 1. The van der Waals surface area contributed by atoms with E-state index in [1.54, 1.807) is 31.2 Å². The Morgan fingerprint density at radius 2 is 1.50 bits per heavy atom. The van der Waals surface area contributed by atoms with Gasteiger partial charge >= 0.3 is 11.7 Å². The Morgan fingerprint density at radius 3 is 2.09 bits per heavy atom. The normalized spacial score (nSPS) is 12.5. The number of ether oxygens (including phenoxy) is 1. The molecule has 0 saturated carbocycles. The van der Waals surface area contributed by atoms with Crippen LogP contribution in [-0.2, 0) is 4.74 Å².